The van der Waals surface area contributed by atoms with E-state index in [9.17, 15) is 4.79 Å². The summed E-state index contributed by atoms with van der Waals surface area (Å²) in [5, 5.41) is 2.96. The van der Waals surface area contributed by atoms with Crippen LogP contribution in [0, 0.1) is 0 Å². The first-order chi connectivity index (χ1) is 18.1. The lowest BCUT2D eigenvalue weighted by molar-refractivity contribution is -0.120. The highest BCUT2D eigenvalue weighted by molar-refractivity contribution is 5.94. The molecule has 0 saturated heterocycles. The number of aromatic nitrogens is 3. The molecule has 0 bridgehead atoms. The van der Waals surface area contributed by atoms with Crippen molar-refractivity contribution in [2.75, 3.05) is 18.9 Å². The minimum Gasteiger partial charge on any atom is -0.493 e. The molecule has 0 unspecified atom stereocenters. The summed E-state index contributed by atoms with van der Waals surface area (Å²) in [4.78, 5) is 29.4. The number of benzene rings is 2. The molecule has 3 N–H and O–H groups in total. The standard InChI is InChI=1S/C29H28N6O2/c30-29-33-14-10-26(35-29)23-6-5-22-17-24(34-27(22)18-23)11-15-37-25-7-3-20(4-8-25)16-28(36)32-13-9-21-2-1-12-31-19-21/h1-8,10,12,14,18-19H,9,11,13,15-17H2,(H,32,36)(H2,30,33,35). The van der Waals surface area contributed by atoms with Gasteiger partial charge in [0.15, 0.2) is 0 Å². The molecule has 1 amide bonds. The first kappa shape index (κ1) is 24.1. The molecule has 0 aliphatic carbocycles. The second-order valence-electron chi connectivity index (χ2n) is 8.88. The third-order valence-electron chi connectivity index (χ3n) is 6.13. The van der Waals surface area contributed by atoms with Crippen LogP contribution in [0.5, 0.6) is 5.75 Å². The molecule has 1 aliphatic rings. The van der Waals surface area contributed by atoms with Crippen LogP contribution in [0.15, 0.2) is 84.2 Å². The Bertz CT molecular complexity index is 1400. The van der Waals surface area contributed by atoms with E-state index in [0.29, 0.717) is 19.6 Å². The van der Waals surface area contributed by atoms with Gasteiger partial charge in [-0.1, -0.05) is 30.3 Å². The molecule has 2 aromatic carbocycles. The maximum absolute atomic E-state index is 12.2. The van der Waals surface area contributed by atoms with Gasteiger partial charge < -0.3 is 15.8 Å². The molecule has 0 radical (unpaired) electrons. The largest absolute Gasteiger partial charge is 0.493 e. The van der Waals surface area contributed by atoms with Gasteiger partial charge in [0.05, 0.1) is 24.4 Å². The van der Waals surface area contributed by atoms with E-state index in [-0.39, 0.29) is 11.9 Å². The maximum Gasteiger partial charge on any atom is 0.224 e. The zero-order chi connectivity index (χ0) is 25.5. The predicted octanol–water partition coefficient (Wildman–Crippen LogP) is 4.12. The van der Waals surface area contributed by atoms with Crippen LogP contribution in [-0.2, 0) is 24.1 Å². The molecule has 3 heterocycles. The molecule has 8 nitrogen and oxygen atoms in total. The number of pyridine rings is 1. The van der Waals surface area contributed by atoms with Crippen LogP contribution < -0.4 is 15.8 Å². The summed E-state index contributed by atoms with van der Waals surface area (Å²) >= 11 is 0. The topological polar surface area (TPSA) is 115 Å². The van der Waals surface area contributed by atoms with Gasteiger partial charge in [-0.25, -0.2) is 9.97 Å². The molecule has 4 aromatic rings. The number of ether oxygens (including phenoxy) is 1. The molecular formula is C29H28N6O2. The number of nitrogens with zero attached hydrogens (tertiary/aromatic N) is 4. The van der Waals surface area contributed by atoms with E-state index in [4.69, 9.17) is 15.5 Å². The van der Waals surface area contributed by atoms with Crippen LogP contribution >= 0.6 is 0 Å². The lowest BCUT2D eigenvalue weighted by Gasteiger charge is -2.08. The summed E-state index contributed by atoms with van der Waals surface area (Å²) in [7, 11) is 0. The van der Waals surface area contributed by atoms with Crippen LogP contribution in [0.1, 0.15) is 23.1 Å². The molecule has 5 rings (SSSR count). The van der Waals surface area contributed by atoms with Crippen molar-refractivity contribution in [1.29, 1.82) is 0 Å². The van der Waals surface area contributed by atoms with E-state index in [1.807, 2.05) is 60.8 Å². The number of nitrogens with two attached hydrogens (primary N) is 1. The van der Waals surface area contributed by atoms with E-state index in [0.717, 1.165) is 58.8 Å². The summed E-state index contributed by atoms with van der Waals surface area (Å²) in [6.07, 6.45) is 7.88. The van der Waals surface area contributed by atoms with Crippen molar-refractivity contribution in [3.8, 4) is 17.0 Å². The fourth-order valence-corrected chi connectivity index (χ4v) is 4.22. The number of aliphatic imine (C=N–C) groups is 1. The lowest BCUT2D eigenvalue weighted by Crippen LogP contribution is -2.27. The van der Waals surface area contributed by atoms with Crippen molar-refractivity contribution < 1.29 is 9.53 Å². The number of carbonyl (C=O) groups excluding carboxylic acids is 1. The third-order valence-corrected chi connectivity index (χ3v) is 6.13. The van der Waals surface area contributed by atoms with Gasteiger partial charge >= 0.3 is 0 Å². The summed E-state index contributed by atoms with van der Waals surface area (Å²) in [6.45, 7) is 1.13. The first-order valence-corrected chi connectivity index (χ1v) is 12.3. The molecule has 0 spiro atoms. The third kappa shape index (κ3) is 6.55. The molecule has 1 aliphatic heterocycles. The highest BCUT2D eigenvalue weighted by Crippen LogP contribution is 2.32. The van der Waals surface area contributed by atoms with Crippen LogP contribution in [0.4, 0.5) is 11.6 Å². The Morgan fingerprint density at radius 2 is 1.89 bits per heavy atom. The van der Waals surface area contributed by atoms with Crippen molar-refractivity contribution in [3.63, 3.8) is 0 Å². The quantitative estimate of drug-likeness (QED) is 0.344. The van der Waals surface area contributed by atoms with E-state index in [2.05, 4.69) is 26.3 Å². The highest BCUT2D eigenvalue weighted by Gasteiger charge is 2.16. The molecule has 2 aromatic heterocycles. The smallest absolute Gasteiger partial charge is 0.224 e. The Kier molecular flexibility index (Phi) is 7.45. The molecule has 37 heavy (non-hydrogen) atoms. The molecule has 0 fully saturated rings. The predicted molar refractivity (Wildman–Crippen MR) is 144 cm³/mol. The van der Waals surface area contributed by atoms with Crippen molar-refractivity contribution in [2.24, 2.45) is 4.99 Å². The Hall–Kier alpha value is -4.59. The SMILES string of the molecule is Nc1nccc(-c2ccc3c(c2)N=C(CCOc2ccc(CC(=O)NCCc4cccnc4)cc2)C3)n1. The van der Waals surface area contributed by atoms with Crippen molar-refractivity contribution >= 4 is 23.3 Å². The van der Waals surface area contributed by atoms with Crippen molar-refractivity contribution in [2.45, 2.75) is 25.7 Å². The van der Waals surface area contributed by atoms with Gasteiger partial charge in [-0.15, -0.1) is 0 Å². The second kappa shape index (κ2) is 11.4. The zero-order valence-electron chi connectivity index (χ0n) is 20.4. The zero-order valence-corrected chi connectivity index (χ0v) is 20.4. The summed E-state index contributed by atoms with van der Waals surface area (Å²) in [5.41, 5.74) is 12.8. The van der Waals surface area contributed by atoms with Gasteiger partial charge in [0.25, 0.3) is 0 Å². The van der Waals surface area contributed by atoms with Crippen molar-refractivity contribution in [1.82, 2.24) is 20.3 Å². The van der Waals surface area contributed by atoms with E-state index in [1.54, 1.807) is 12.4 Å². The molecular weight excluding hydrogens is 464 g/mol. The van der Waals surface area contributed by atoms with Crippen LogP contribution in [0.2, 0.25) is 0 Å². The van der Waals surface area contributed by atoms with Crippen LogP contribution in [0.3, 0.4) is 0 Å². The number of fused-ring (bicyclic) bond motifs is 1. The number of hydrogen-bond acceptors (Lipinski definition) is 7. The fourth-order valence-electron chi connectivity index (χ4n) is 4.22. The Labute approximate surface area is 215 Å². The van der Waals surface area contributed by atoms with Crippen LogP contribution in [0.25, 0.3) is 11.3 Å². The molecule has 0 saturated carbocycles. The second-order valence-corrected chi connectivity index (χ2v) is 8.88. The minimum absolute atomic E-state index is 0.00251. The maximum atomic E-state index is 12.2. The number of rotatable bonds is 10. The van der Waals surface area contributed by atoms with Crippen LogP contribution in [-0.4, -0.2) is 39.7 Å². The Morgan fingerprint density at radius 1 is 1.00 bits per heavy atom. The van der Waals surface area contributed by atoms with Gasteiger partial charge in [-0.05, 0) is 53.4 Å². The van der Waals surface area contributed by atoms with Gasteiger partial charge in [-0.3, -0.25) is 14.8 Å². The van der Waals surface area contributed by atoms with E-state index < -0.39 is 0 Å². The molecule has 0 atom stereocenters. The van der Waals surface area contributed by atoms with E-state index in [1.165, 1.54) is 5.56 Å². The number of hydrogen-bond donors (Lipinski definition) is 2. The average Bonchev–Trinajstić information content (AvgIpc) is 3.32. The minimum atomic E-state index is 0.00251. The highest BCUT2D eigenvalue weighted by atomic mass is 16.5. The first-order valence-electron chi connectivity index (χ1n) is 12.3. The number of nitrogen functional groups attached to an aromatic ring is 1. The molecule has 186 valence electrons. The normalized spacial score (nSPS) is 12.1. The van der Waals surface area contributed by atoms with Gasteiger partial charge in [-0.2, -0.15) is 0 Å². The summed E-state index contributed by atoms with van der Waals surface area (Å²) in [6, 6.07) is 19.6. The van der Waals surface area contributed by atoms with Crippen molar-refractivity contribution in [3.05, 3.63) is 95.9 Å². The van der Waals surface area contributed by atoms with E-state index >= 15 is 0 Å². The van der Waals surface area contributed by atoms with Gasteiger partial charge in [0.2, 0.25) is 11.9 Å². The number of anilines is 1. The van der Waals surface area contributed by atoms with Gasteiger partial charge in [0, 0.05) is 49.3 Å². The van der Waals surface area contributed by atoms with Gasteiger partial charge in [0.1, 0.15) is 5.75 Å². The average molecular weight is 493 g/mol. The summed E-state index contributed by atoms with van der Waals surface area (Å²) < 4.78 is 5.93. The monoisotopic (exact) mass is 492 g/mol. The Balaban J connectivity index is 1.07. The number of amides is 1. The summed E-state index contributed by atoms with van der Waals surface area (Å²) in [5.74, 6) is 1.04. The molecule has 8 heteroatoms. The lowest BCUT2D eigenvalue weighted by atomic mass is 10.0. The Morgan fingerprint density at radius 3 is 2.70 bits per heavy atom. The number of carbonyl (C=O) groups is 1. The number of nitrogens with one attached hydrogen (secondary N) is 1. The fraction of sp³-hybridized carbons (Fsp3) is 0.207.